The van der Waals surface area contributed by atoms with Gasteiger partial charge in [0.15, 0.2) is 0 Å². The number of carbonyl (C=O) groups excluding carboxylic acids is 1. The molecule has 18 heavy (non-hydrogen) atoms. The Hall–Kier alpha value is -1.10. The Kier molecular flexibility index (Phi) is 4.58. The van der Waals surface area contributed by atoms with Crippen molar-refractivity contribution < 1.29 is 14.7 Å². The smallest absolute Gasteiger partial charge is 0.326 e. The van der Waals surface area contributed by atoms with E-state index in [2.05, 4.69) is 5.32 Å². The van der Waals surface area contributed by atoms with Gasteiger partial charge in [-0.15, -0.1) is 0 Å². The molecule has 2 fully saturated rings. The van der Waals surface area contributed by atoms with Crippen molar-refractivity contribution in [2.45, 2.75) is 57.0 Å². The van der Waals surface area contributed by atoms with Gasteiger partial charge in [0.2, 0.25) is 5.91 Å². The lowest BCUT2D eigenvalue weighted by atomic mass is 10.0. The second-order valence-electron chi connectivity index (χ2n) is 5.30. The van der Waals surface area contributed by atoms with Crippen molar-refractivity contribution in [3.05, 3.63) is 0 Å². The van der Waals surface area contributed by atoms with Crippen molar-refractivity contribution in [2.75, 3.05) is 13.1 Å². The summed E-state index contributed by atoms with van der Waals surface area (Å²) in [7, 11) is 0. The van der Waals surface area contributed by atoms with Gasteiger partial charge in [0, 0.05) is 12.6 Å². The predicted molar refractivity (Wildman–Crippen MR) is 67.2 cm³/mol. The summed E-state index contributed by atoms with van der Waals surface area (Å²) >= 11 is 0. The number of carboxylic acid groups (broad SMARTS) is 1. The van der Waals surface area contributed by atoms with Crippen LogP contribution in [0.2, 0.25) is 0 Å². The average molecular weight is 254 g/mol. The first kappa shape index (κ1) is 13.3. The van der Waals surface area contributed by atoms with Crippen LogP contribution in [0.15, 0.2) is 0 Å². The molecule has 0 aromatic rings. The van der Waals surface area contributed by atoms with E-state index in [1.54, 1.807) is 0 Å². The average Bonchev–Trinajstić information content (AvgIpc) is 2.89. The van der Waals surface area contributed by atoms with E-state index >= 15 is 0 Å². The van der Waals surface area contributed by atoms with E-state index in [-0.39, 0.29) is 12.5 Å². The van der Waals surface area contributed by atoms with Crippen molar-refractivity contribution in [3.8, 4) is 0 Å². The lowest BCUT2D eigenvalue weighted by molar-refractivity contribution is -0.151. The molecule has 5 nitrogen and oxygen atoms in total. The summed E-state index contributed by atoms with van der Waals surface area (Å²) in [6.07, 6.45) is 7.13. The minimum Gasteiger partial charge on any atom is -0.480 e. The van der Waals surface area contributed by atoms with Gasteiger partial charge in [-0.05, 0) is 32.1 Å². The Bertz CT molecular complexity index is 313. The molecule has 1 heterocycles. The Morgan fingerprint density at radius 1 is 1.11 bits per heavy atom. The fourth-order valence-corrected chi connectivity index (χ4v) is 2.95. The third-order valence-corrected chi connectivity index (χ3v) is 4.01. The molecule has 2 N–H and O–H groups in total. The van der Waals surface area contributed by atoms with Crippen molar-refractivity contribution >= 4 is 11.9 Å². The number of hydrogen-bond acceptors (Lipinski definition) is 3. The highest BCUT2D eigenvalue weighted by Crippen LogP contribution is 2.19. The molecule has 1 unspecified atom stereocenters. The van der Waals surface area contributed by atoms with E-state index in [0.29, 0.717) is 19.0 Å². The molecule has 1 aliphatic carbocycles. The third-order valence-electron chi connectivity index (χ3n) is 4.01. The molecule has 0 radical (unpaired) electrons. The van der Waals surface area contributed by atoms with Gasteiger partial charge in [-0.1, -0.05) is 12.8 Å². The molecule has 102 valence electrons. The lowest BCUT2D eigenvalue weighted by Crippen LogP contribution is -2.51. The lowest BCUT2D eigenvalue weighted by Gasteiger charge is -2.33. The zero-order valence-electron chi connectivity index (χ0n) is 10.7. The summed E-state index contributed by atoms with van der Waals surface area (Å²) in [5.41, 5.74) is 0. The first-order chi connectivity index (χ1) is 8.68. The van der Waals surface area contributed by atoms with Crippen LogP contribution in [0.25, 0.3) is 0 Å². The van der Waals surface area contributed by atoms with Crippen molar-refractivity contribution in [3.63, 3.8) is 0 Å². The Labute approximate surface area is 108 Å². The van der Waals surface area contributed by atoms with Crippen LogP contribution in [0, 0.1) is 0 Å². The zero-order chi connectivity index (χ0) is 13.0. The normalized spacial score (nSPS) is 25.3. The maximum atomic E-state index is 12.1. The molecule has 2 rings (SSSR count). The maximum Gasteiger partial charge on any atom is 0.326 e. The number of likely N-dealkylation sites (tertiary alicyclic amines) is 1. The van der Waals surface area contributed by atoms with Gasteiger partial charge < -0.3 is 15.3 Å². The third kappa shape index (κ3) is 3.22. The number of rotatable bonds is 4. The molecule has 0 spiro atoms. The van der Waals surface area contributed by atoms with E-state index in [1.807, 2.05) is 0 Å². The number of nitrogens with one attached hydrogen (secondary N) is 1. The number of carbonyl (C=O) groups is 2. The van der Waals surface area contributed by atoms with Crippen LogP contribution in [0.5, 0.6) is 0 Å². The molecule has 5 heteroatoms. The van der Waals surface area contributed by atoms with Crippen LogP contribution in [-0.2, 0) is 9.59 Å². The van der Waals surface area contributed by atoms with Crippen molar-refractivity contribution in [1.82, 2.24) is 10.2 Å². The standard InChI is InChI=1S/C13H22N2O3/c16-12(9-14-10-5-1-2-6-10)15-8-4-3-7-11(15)13(17)18/h10-11,14H,1-9H2,(H,17,18). The van der Waals surface area contributed by atoms with Gasteiger partial charge >= 0.3 is 5.97 Å². The van der Waals surface area contributed by atoms with E-state index in [9.17, 15) is 9.59 Å². The monoisotopic (exact) mass is 254 g/mol. The fourth-order valence-electron chi connectivity index (χ4n) is 2.95. The minimum atomic E-state index is -0.871. The summed E-state index contributed by atoms with van der Waals surface area (Å²) in [5.74, 6) is -0.932. The Morgan fingerprint density at radius 3 is 2.44 bits per heavy atom. The summed E-state index contributed by atoms with van der Waals surface area (Å²) in [4.78, 5) is 24.7. The van der Waals surface area contributed by atoms with Crippen LogP contribution in [0.3, 0.4) is 0 Å². The van der Waals surface area contributed by atoms with Crippen LogP contribution < -0.4 is 5.32 Å². The fraction of sp³-hybridized carbons (Fsp3) is 0.846. The Balaban J connectivity index is 1.83. The van der Waals surface area contributed by atoms with Gasteiger partial charge in [0.05, 0.1) is 6.54 Å². The highest BCUT2D eigenvalue weighted by atomic mass is 16.4. The predicted octanol–water partition coefficient (Wildman–Crippen LogP) is 0.984. The van der Waals surface area contributed by atoms with E-state index in [1.165, 1.54) is 17.7 Å². The molecule has 1 saturated heterocycles. The van der Waals surface area contributed by atoms with Crippen molar-refractivity contribution in [1.29, 1.82) is 0 Å². The number of piperidine rings is 1. The van der Waals surface area contributed by atoms with Crippen LogP contribution in [0.1, 0.15) is 44.9 Å². The van der Waals surface area contributed by atoms with E-state index in [4.69, 9.17) is 5.11 Å². The first-order valence-electron chi connectivity index (χ1n) is 6.94. The molecule has 0 bridgehead atoms. The number of carboxylic acids is 1. The van der Waals surface area contributed by atoms with Gasteiger partial charge in [0.1, 0.15) is 6.04 Å². The second-order valence-corrected chi connectivity index (χ2v) is 5.30. The molecule has 2 aliphatic rings. The number of aliphatic carboxylic acids is 1. The number of nitrogens with zero attached hydrogens (tertiary/aromatic N) is 1. The van der Waals surface area contributed by atoms with Gasteiger partial charge in [0.25, 0.3) is 0 Å². The Morgan fingerprint density at radius 2 is 1.78 bits per heavy atom. The molecule has 1 amide bonds. The number of amides is 1. The maximum absolute atomic E-state index is 12.1. The summed E-state index contributed by atoms with van der Waals surface area (Å²) in [5, 5.41) is 12.4. The molecule has 0 aromatic carbocycles. The van der Waals surface area contributed by atoms with Crippen LogP contribution >= 0.6 is 0 Å². The van der Waals surface area contributed by atoms with E-state index in [0.717, 1.165) is 25.7 Å². The first-order valence-corrected chi connectivity index (χ1v) is 6.94. The van der Waals surface area contributed by atoms with E-state index < -0.39 is 12.0 Å². The molecule has 0 aromatic heterocycles. The molecular weight excluding hydrogens is 232 g/mol. The highest BCUT2D eigenvalue weighted by molar-refractivity contribution is 5.85. The van der Waals surface area contributed by atoms with Crippen LogP contribution in [-0.4, -0.2) is 47.1 Å². The van der Waals surface area contributed by atoms with Crippen LogP contribution in [0.4, 0.5) is 0 Å². The molecule has 1 atom stereocenters. The zero-order valence-corrected chi connectivity index (χ0v) is 10.7. The largest absolute Gasteiger partial charge is 0.480 e. The number of hydrogen-bond donors (Lipinski definition) is 2. The molecular formula is C13H22N2O3. The summed E-state index contributed by atoms with van der Waals surface area (Å²) < 4.78 is 0. The highest BCUT2D eigenvalue weighted by Gasteiger charge is 2.31. The SMILES string of the molecule is O=C(O)C1CCCCN1C(=O)CNC1CCCC1. The molecule has 1 saturated carbocycles. The minimum absolute atomic E-state index is 0.0611. The summed E-state index contributed by atoms with van der Waals surface area (Å²) in [6, 6.07) is -0.168. The second kappa shape index (κ2) is 6.18. The quantitative estimate of drug-likeness (QED) is 0.785. The van der Waals surface area contributed by atoms with Gasteiger partial charge in [-0.3, -0.25) is 4.79 Å². The van der Waals surface area contributed by atoms with Gasteiger partial charge in [-0.2, -0.15) is 0 Å². The summed E-state index contributed by atoms with van der Waals surface area (Å²) in [6.45, 7) is 0.872. The topological polar surface area (TPSA) is 69.6 Å². The van der Waals surface area contributed by atoms with Gasteiger partial charge in [-0.25, -0.2) is 4.79 Å². The van der Waals surface area contributed by atoms with Crippen molar-refractivity contribution in [2.24, 2.45) is 0 Å². The molecule has 1 aliphatic heterocycles.